The molecule has 1 aromatic heterocycles. The number of aryl methyl sites for hydroxylation is 1. The molecule has 0 radical (unpaired) electrons. The lowest BCUT2D eigenvalue weighted by atomic mass is 9.96. The van der Waals surface area contributed by atoms with Gasteiger partial charge in [-0.3, -0.25) is 4.79 Å². The van der Waals surface area contributed by atoms with Crippen molar-refractivity contribution < 1.29 is 22.4 Å². The highest BCUT2D eigenvalue weighted by Crippen LogP contribution is 2.39. The van der Waals surface area contributed by atoms with Gasteiger partial charge in [0.15, 0.2) is 5.76 Å². The monoisotopic (exact) mass is 406 g/mol. The van der Waals surface area contributed by atoms with E-state index < -0.39 is 15.6 Å². The molecule has 28 heavy (non-hydrogen) atoms. The van der Waals surface area contributed by atoms with Crippen LogP contribution >= 0.6 is 0 Å². The summed E-state index contributed by atoms with van der Waals surface area (Å²) in [6, 6.07) is 6.52. The Labute approximate surface area is 165 Å². The molecule has 0 saturated carbocycles. The Hall–Kier alpha value is -2.32. The summed E-state index contributed by atoms with van der Waals surface area (Å²) < 4.78 is 38.3. The number of hydrogen-bond acceptors (Lipinski definition) is 5. The molecule has 0 bridgehead atoms. The van der Waals surface area contributed by atoms with Gasteiger partial charge in [-0.2, -0.15) is 0 Å². The van der Waals surface area contributed by atoms with Gasteiger partial charge in [0.2, 0.25) is 5.09 Å². The number of carbonyl (C=O) groups excluding carboxylic acids is 1. The van der Waals surface area contributed by atoms with E-state index in [0.29, 0.717) is 12.3 Å². The summed E-state index contributed by atoms with van der Waals surface area (Å²) in [6.45, 7) is 7.72. The molecule has 8 heteroatoms. The maximum atomic E-state index is 13.1. The standard InChI is InChI=1S/C20H26N2O5S/c1-13-8-9-15(26-5)18-14(13)7-6-12-22(18)19(23)16-10-11-17(27-16)28(24,25)21-20(2,3)4/h8-11,21H,6-7,12H2,1-5H3. The first-order valence-electron chi connectivity index (χ1n) is 9.15. The minimum absolute atomic E-state index is 0.0225. The van der Waals surface area contributed by atoms with Gasteiger partial charge in [0.1, 0.15) is 5.75 Å². The number of furan rings is 1. The molecule has 0 spiro atoms. The van der Waals surface area contributed by atoms with Crippen LogP contribution in [0.5, 0.6) is 5.75 Å². The Morgan fingerprint density at radius 3 is 2.57 bits per heavy atom. The van der Waals surface area contributed by atoms with Crippen LogP contribution in [0.15, 0.2) is 33.8 Å². The average Bonchev–Trinajstić information content (AvgIpc) is 3.10. The predicted molar refractivity (Wildman–Crippen MR) is 107 cm³/mol. The summed E-state index contributed by atoms with van der Waals surface area (Å²) in [5.41, 5.74) is 2.22. The maximum absolute atomic E-state index is 13.1. The molecule has 7 nitrogen and oxygen atoms in total. The van der Waals surface area contributed by atoms with Gasteiger partial charge in [-0.05, 0) is 69.9 Å². The van der Waals surface area contributed by atoms with Crippen molar-refractivity contribution in [2.75, 3.05) is 18.6 Å². The number of benzene rings is 1. The van der Waals surface area contributed by atoms with E-state index in [-0.39, 0.29) is 16.8 Å². The second-order valence-corrected chi connectivity index (χ2v) is 9.56. The highest BCUT2D eigenvalue weighted by Gasteiger charge is 2.31. The van der Waals surface area contributed by atoms with E-state index >= 15 is 0 Å². The van der Waals surface area contributed by atoms with Crippen molar-refractivity contribution in [2.45, 2.75) is 51.2 Å². The van der Waals surface area contributed by atoms with Crippen LogP contribution in [0, 0.1) is 6.92 Å². The first-order valence-corrected chi connectivity index (χ1v) is 10.6. The molecular formula is C20H26N2O5S. The second kappa shape index (κ2) is 7.25. The minimum Gasteiger partial charge on any atom is -0.495 e. The van der Waals surface area contributed by atoms with Crippen molar-refractivity contribution in [3.05, 3.63) is 41.2 Å². The third-order valence-corrected chi connectivity index (χ3v) is 6.15. The van der Waals surface area contributed by atoms with Gasteiger partial charge in [0, 0.05) is 12.1 Å². The molecule has 0 atom stereocenters. The molecule has 0 aliphatic carbocycles. The lowest BCUT2D eigenvalue weighted by molar-refractivity contribution is 0.0952. The Balaban J connectivity index is 1.96. The summed E-state index contributed by atoms with van der Waals surface area (Å²) in [4.78, 5) is 14.7. The molecule has 1 aliphatic rings. The lowest BCUT2D eigenvalue weighted by Gasteiger charge is -2.31. The number of amides is 1. The maximum Gasteiger partial charge on any atom is 0.294 e. The summed E-state index contributed by atoms with van der Waals surface area (Å²) in [6.07, 6.45) is 1.67. The number of carbonyl (C=O) groups is 1. The molecular weight excluding hydrogens is 380 g/mol. The fourth-order valence-electron chi connectivity index (χ4n) is 3.39. The Morgan fingerprint density at radius 2 is 1.93 bits per heavy atom. The molecule has 152 valence electrons. The van der Waals surface area contributed by atoms with Crippen LogP contribution < -0.4 is 14.4 Å². The average molecular weight is 407 g/mol. The summed E-state index contributed by atoms with van der Waals surface area (Å²) in [7, 11) is -2.29. The number of ether oxygens (including phenoxy) is 1. The molecule has 1 aliphatic heterocycles. The smallest absolute Gasteiger partial charge is 0.294 e. The molecule has 0 saturated heterocycles. The van der Waals surface area contributed by atoms with Crippen LogP contribution in [0.25, 0.3) is 0 Å². The normalized spacial score (nSPS) is 14.7. The highest BCUT2D eigenvalue weighted by atomic mass is 32.2. The molecule has 0 unspecified atom stereocenters. The quantitative estimate of drug-likeness (QED) is 0.842. The van der Waals surface area contributed by atoms with E-state index in [0.717, 1.165) is 29.7 Å². The molecule has 2 heterocycles. The third-order valence-electron chi connectivity index (χ3n) is 4.52. The van der Waals surface area contributed by atoms with Crippen molar-refractivity contribution in [2.24, 2.45) is 0 Å². The number of sulfonamides is 1. The van der Waals surface area contributed by atoms with E-state index in [1.54, 1.807) is 32.8 Å². The van der Waals surface area contributed by atoms with Crippen LogP contribution in [0.2, 0.25) is 0 Å². The molecule has 3 rings (SSSR count). The van der Waals surface area contributed by atoms with Gasteiger partial charge < -0.3 is 14.1 Å². The molecule has 1 amide bonds. The van der Waals surface area contributed by atoms with Gasteiger partial charge in [-0.1, -0.05) is 6.07 Å². The number of nitrogens with one attached hydrogen (secondary N) is 1. The van der Waals surface area contributed by atoms with Crippen LogP contribution in [0.3, 0.4) is 0 Å². The topological polar surface area (TPSA) is 88.8 Å². The van der Waals surface area contributed by atoms with E-state index in [4.69, 9.17) is 9.15 Å². The molecule has 2 aromatic rings. The number of hydrogen-bond donors (Lipinski definition) is 1. The van der Waals surface area contributed by atoms with Crippen molar-refractivity contribution in [3.8, 4) is 5.75 Å². The fraction of sp³-hybridized carbons (Fsp3) is 0.450. The number of methoxy groups -OCH3 is 1. The zero-order valence-electron chi connectivity index (χ0n) is 16.8. The Morgan fingerprint density at radius 1 is 1.21 bits per heavy atom. The van der Waals surface area contributed by atoms with Crippen LogP contribution in [0.4, 0.5) is 5.69 Å². The number of fused-ring (bicyclic) bond motifs is 1. The first kappa shape index (κ1) is 20.4. The summed E-state index contributed by atoms with van der Waals surface area (Å²) in [5.74, 6) is 0.204. The predicted octanol–water partition coefficient (Wildman–Crippen LogP) is 3.27. The second-order valence-electron chi connectivity index (χ2n) is 7.95. The SMILES string of the molecule is COc1ccc(C)c2c1N(C(=O)c1ccc(S(=O)(=O)NC(C)(C)C)o1)CCC2. The number of nitrogens with zero attached hydrogens (tertiary/aromatic N) is 1. The lowest BCUT2D eigenvalue weighted by Crippen LogP contribution is -2.40. The Bertz CT molecular complexity index is 1000. The molecule has 1 aromatic carbocycles. The fourth-order valence-corrected chi connectivity index (χ4v) is 4.74. The van der Waals surface area contributed by atoms with E-state index in [1.165, 1.54) is 12.1 Å². The van der Waals surface area contributed by atoms with Gasteiger partial charge >= 0.3 is 0 Å². The zero-order chi connectivity index (χ0) is 20.7. The highest BCUT2D eigenvalue weighted by molar-refractivity contribution is 7.89. The van der Waals surface area contributed by atoms with Crippen LogP contribution in [-0.2, 0) is 16.4 Å². The molecule has 1 N–H and O–H groups in total. The van der Waals surface area contributed by atoms with Gasteiger partial charge in [0.05, 0.1) is 12.8 Å². The van der Waals surface area contributed by atoms with Gasteiger partial charge in [-0.15, -0.1) is 0 Å². The summed E-state index contributed by atoms with van der Waals surface area (Å²) >= 11 is 0. The van der Waals surface area contributed by atoms with Gasteiger partial charge in [-0.25, -0.2) is 13.1 Å². The minimum atomic E-state index is -3.85. The van der Waals surface area contributed by atoms with E-state index in [9.17, 15) is 13.2 Å². The zero-order valence-corrected chi connectivity index (χ0v) is 17.6. The summed E-state index contributed by atoms with van der Waals surface area (Å²) in [5, 5.41) is -0.279. The molecule has 0 fully saturated rings. The van der Waals surface area contributed by atoms with Crippen LogP contribution in [0.1, 0.15) is 48.9 Å². The van der Waals surface area contributed by atoms with Crippen LogP contribution in [-0.4, -0.2) is 33.5 Å². The third kappa shape index (κ3) is 3.93. The first-order chi connectivity index (χ1) is 13.0. The number of rotatable bonds is 4. The van der Waals surface area contributed by atoms with Crippen molar-refractivity contribution >= 4 is 21.6 Å². The van der Waals surface area contributed by atoms with Gasteiger partial charge in [0.25, 0.3) is 15.9 Å². The van der Waals surface area contributed by atoms with E-state index in [1.807, 2.05) is 19.1 Å². The van der Waals surface area contributed by atoms with Crippen molar-refractivity contribution in [3.63, 3.8) is 0 Å². The van der Waals surface area contributed by atoms with Crippen molar-refractivity contribution in [1.29, 1.82) is 0 Å². The van der Waals surface area contributed by atoms with E-state index in [2.05, 4.69) is 4.72 Å². The van der Waals surface area contributed by atoms with Crippen molar-refractivity contribution in [1.82, 2.24) is 4.72 Å². The number of anilines is 1. The Kier molecular flexibility index (Phi) is 5.29. The largest absolute Gasteiger partial charge is 0.495 e.